The first-order chi connectivity index (χ1) is 7.58. The standard InChI is InChI=1S/C11H17N3OS/c1-8-4-3-5-14(6-8)10(15)9-7-13(2)11(16)12-9/h7-8H,3-6H2,1-2H3,(H,12,16)/p+1. The lowest BCUT2D eigenvalue weighted by atomic mass is 10.0. The first-order valence-electron chi connectivity index (χ1n) is 5.65. The average molecular weight is 240 g/mol. The van der Waals surface area contributed by atoms with Crippen LogP contribution in [0.3, 0.4) is 0 Å². The van der Waals surface area contributed by atoms with E-state index in [9.17, 15) is 5.11 Å². The highest BCUT2D eigenvalue weighted by molar-refractivity contribution is 7.71. The van der Waals surface area contributed by atoms with Gasteiger partial charge in [0.2, 0.25) is 0 Å². The van der Waals surface area contributed by atoms with Crippen molar-refractivity contribution in [1.29, 1.82) is 0 Å². The largest absolute Gasteiger partial charge is 0.459 e. The van der Waals surface area contributed by atoms with Crippen LogP contribution in [0.2, 0.25) is 0 Å². The predicted octanol–water partition coefficient (Wildman–Crippen LogP) is 1.83. The molecule has 1 saturated heterocycles. The molecule has 2 N–H and O–H groups in total. The second-order valence-corrected chi connectivity index (χ2v) is 4.99. The molecule has 0 aromatic carbocycles. The third kappa shape index (κ3) is 2.19. The van der Waals surface area contributed by atoms with Crippen molar-refractivity contribution in [1.82, 2.24) is 9.55 Å². The summed E-state index contributed by atoms with van der Waals surface area (Å²) in [4.78, 5) is 3.01. The number of H-pyrrole nitrogens is 1. The van der Waals surface area contributed by atoms with Gasteiger partial charge in [-0.15, -0.1) is 0 Å². The van der Waals surface area contributed by atoms with E-state index in [1.807, 2.05) is 17.8 Å². The number of hydrogen-bond acceptors (Lipinski definition) is 1. The number of nitrogens with one attached hydrogen (secondary N) is 1. The van der Waals surface area contributed by atoms with Crippen LogP contribution in [-0.4, -0.2) is 38.2 Å². The molecule has 88 valence electrons. The Bertz CT molecular complexity index is 472. The highest BCUT2D eigenvalue weighted by Crippen LogP contribution is 2.13. The number of aromatic amines is 1. The summed E-state index contributed by atoms with van der Waals surface area (Å²) in [5, 5.41) is 10.2. The summed E-state index contributed by atoms with van der Waals surface area (Å²) in [6.45, 7) is 4.06. The van der Waals surface area contributed by atoms with E-state index in [1.54, 1.807) is 4.57 Å². The minimum atomic E-state index is 0.318. The van der Waals surface area contributed by atoms with Crippen molar-refractivity contribution in [2.45, 2.75) is 19.8 Å². The molecule has 0 spiro atoms. The number of aryl methyl sites for hydroxylation is 1. The molecule has 0 aliphatic carbocycles. The van der Waals surface area contributed by atoms with Crippen LogP contribution in [0.25, 0.3) is 0 Å². The van der Waals surface area contributed by atoms with Gasteiger partial charge < -0.3 is 14.7 Å². The Labute approximate surface area is 100 Å². The van der Waals surface area contributed by atoms with E-state index in [0.717, 1.165) is 19.5 Å². The second kappa shape index (κ2) is 4.41. The van der Waals surface area contributed by atoms with E-state index in [2.05, 4.69) is 11.9 Å². The zero-order chi connectivity index (χ0) is 11.7. The molecule has 1 aliphatic rings. The van der Waals surface area contributed by atoms with E-state index >= 15 is 0 Å². The molecule has 4 nitrogen and oxygen atoms in total. The average Bonchev–Trinajstić information content (AvgIpc) is 2.58. The van der Waals surface area contributed by atoms with Crippen molar-refractivity contribution < 1.29 is 9.68 Å². The molecule has 0 bridgehead atoms. The Balaban J connectivity index is 2.32. The molecule has 2 rings (SSSR count). The van der Waals surface area contributed by atoms with Crippen molar-refractivity contribution in [2.24, 2.45) is 13.0 Å². The van der Waals surface area contributed by atoms with Crippen LogP contribution in [0.15, 0.2) is 6.20 Å². The van der Waals surface area contributed by atoms with Crippen LogP contribution in [0.4, 0.5) is 0 Å². The van der Waals surface area contributed by atoms with Gasteiger partial charge in [-0.2, -0.15) is 4.58 Å². The van der Waals surface area contributed by atoms with Gasteiger partial charge in [0, 0.05) is 25.6 Å². The fourth-order valence-corrected chi connectivity index (χ4v) is 2.32. The highest BCUT2D eigenvalue weighted by atomic mass is 32.1. The van der Waals surface area contributed by atoms with Gasteiger partial charge in [-0.1, -0.05) is 6.92 Å². The molecule has 1 atom stereocenters. The van der Waals surface area contributed by atoms with Crippen molar-refractivity contribution in [3.05, 3.63) is 16.7 Å². The minimum absolute atomic E-state index is 0.318. The van der Waals surface area contributed by atoms with E-state index in [1.165, 1.54) is 6.42 Å². The zero-order valence-corrected chi connectivity index (χ0v) is 10.5. The molecule has 1 aliphatic heterocycles. The van der Waals surface area contributed by atoms with Gasteiger partial charge in [0.15, 0.2) is 10.5 Å². The third-order valence-corrected chi connectivity index (χ3v) is 3.47. The number of hydrogen-bond donors (Lipinski definition) is 2. The Kier molecular flexibility index (Phi) is 3.14. The van der Waals surface area contributed by atoms with Gasteiger partial charge in [-0.25, -0.2) is 0 Å². The van der Waals surface area contributed by atoms with Crippen LogP contribution in [0.1, 0.15) is 25.5 Å². The summed E-state index contributed by atoms with van der Waals surface area (Å²) in [7, 11) is 1.87. The summed E-state index contributed by atoms with van der Waals surface area (Å²) >= 11 is 5.08. The quantitative estimate of drug-likeness (QED) is 0.447. The number of piperidine rings is 1. The molecule has 1 aromatic heterocycles. The smallest absolute Gasteiger partial charge is 0.385 e. The van der Waals surface area contributed by atoms with Gasteiger partial charge in [-0.05, 0) is 18.6 Å². The molecular weight excluding hydrogens is 222 g/mol. The van der Waals surface area contributed by atoms with Gasteiger partial charge >= 0.3 is 5.90 Å². The minimum Gasteiger partial charge on any atom is -0.459 e. The summed E-state index contributed by atoms with van der Waals surface area (Å²) in [6, 6.07) is 0. The molecule has 0 amide bonds. The van der Waals surface area contributed by atoms with Crippen molar-refractivity contribution in [2.75, 3.05) is 13.1 Å². The first kappa shape index (κ1) is 11.4. The summed E-state index contributed by atoms with van der Waals surface area (Å²) in [5.74, 6) is 0.959. The molecular formula is C11H18N3OS+. The number of aliphatic hydroxyl groups is 1. The summed E-state index contributed by atoms with van der Waals surface area (Å²) < 4.78 is 4.45. The van der Waals surface area contributed by atoms with Crippen molar-refractivity contribution >= 4 is 18.1 Å². The van der Waals surface area contributed by atoms with E-state index in [0.29, 0.717) is 22.3 Å². The van der Waals surface area contributed by atoms with Crippen molar-refractivity contribution in [3.63, 3.8) is 0 Å². The maximum absolute atomic E-state index is 10.2. The molecule has 5 heteroatoms. The Morgan fingerprint density at radius 3 is 3.00 bits per heavy atom. The number of rotatable bonds is 1. The molecule has 1 fully saturated rings. The Morgan fingerprint density at radius 2 is 2.44 bits per heavy atom. The topological polar surface area (TPSA) is 44.0 Å². The first-order valence-corrected chi connectivity index (χ1v) is 6.05. The molecule has 16 heavy (non-hydrogen) atoms. The third-order valence-electron chi connectivity index (χ3n) is 3.08. The van der Waals surface area contributed by atoms with Gasteiger partial charge in [0.05, 0.1) is 0 Å². The second-order valence-electron chi connectivity index (χ2n) is 4.60. The SMILES string of the molecule is CC1CCC[N+](=C(O)c2cn(C)c(=S)[nH]2)C1. The van der Waals surface area contributed by atoms with E-state index < -0.39 is 0 Å². The molecule has 0 saturated carbocycles. The predicted molar refractivity (Wildman–Crippen MR) is 65.7 cm³/mol. The summed E-state index contributed by atoms with van der Waals surface area (Å²) in [6.07, 6.45) is 4.21. The van der Waals surface area contributed by atoms with Crippen LogP contribution < -0.4 is 0 Å². The lowest BCUT2D eigenvalue weighted by molar-refractivity contribution is -0.551. The molecule has 1 unspecified atom stereocenters. The van der Waals surface area contributed by atoms with Gasteiger partial charge in [0.25, 0.3) is 0 Å². The van der Waals surface area contributed by atoms with Crippen molar-refractivity contribution in [3.8, 4) is 0 Å². The fourth-order valence-electron chi connectivity index (χ4n) is 2.15. The zero-order valence-electron chi connectivity index (χ0n) is 9.73. The fraction of sp³-hybridized carbons (Fsp3) is 0.636. The number of aromatic nitrogens is 2. The number of imidazole rings is 1. The van der Waals surface area contributed by atoms with Crippen LogP contribution in [-0.2, 0) is 7.05 Å². The molecule has 2 heterocycles. The number of aliphatic hydroxyl groups excluding tert-OH is 1. The summed E-state index contributed by atoms with van der Waals surface area (Å²) in [5.41, 5.74) is 0.710. The maximum Gasteiger partial charge on any atom is 0.385 e. The number of nitrogens with zero attached hydrogens (tertiary/aromatic N) is 2. The normalized spacial score (nSPS) is 24.5. The van der Waals surface area contributed by atoms with Gasteiger partial charge in [-0.3, -0.25) is 0 Å². The highest BCUT2D eigenvalue weighted by Gasteiger charge is 2.24. The van der Waals surface area contributed by atoms with Crippen LogP contribution in [0.5, 0.6) is 0 Å². The molecule has 0 radical (unpaired) electrons. The lowest BCUT2D eigenvalue weighted by Crippen LogP contribution is -2.32. The van der Waals surface area contributed by atoms with Crippen LogP contribution >= 0.6 is 12.2 Å². The Hall–Kier alpha value is -1.10. The van der Waals surface area contributed by atoms with Gasteiger partial charge in [0.1, 0.15) is 13.1 Å². The lowest BCUT2D eigenvalue weighted by Gasteiger charge is -2.16. The van der Waals surface area contributed by atoms with E-state index in [-0.39, 0.29) is 0 Å². The van der Waals surface area contributed by atoms with Crippen LogP contribution in [0, 0.1) is 10.7 Å². The monoisotopic (exact) mass is 240 g/mol. The maximum atomic E-state index is 10.2. The molecule has 1 aromatic rings. The van der Waals surface area contributed by atoms with E-state index in [4.69, 9.17) is 12.2 Å². The Morgan fingerprint density at radius 1 is 1.69 bits per heavy atom.